The average molecular weight is 376 g/mol. The Kier molecular flexibility index (Phi) is 5.33. The lowest BCUT2D eigenvalue weighted by atomic mass is 10.2. The Bertz CT molecular complexity index is 908. The number of halogens is 2. The summed E-state index contributed by atoms with van der Waals surface area (Å²) in [5.74, 6) is 1.33. The van der Waals surface area contributed by atoms with E-state index in [4.69, 9.17) is 21.1 Å². The number of hydrogen-bond donors (Lipinski definition) is 2. The fourth-order valence-electron chi connectivity index (χ4n) is 2.18. The number of methoxy groups -OCH3 is 2. The van der Waals surface area contributed by atoms with Gasteiger partial charge < -0.3 is 20.1 Å². The first-order valence-electron chi connectivity index (χ1n) is 7.50. The zero-order chi connectivity index (χ0) is 18.5. The number of benzene rings is 2. The van der Waals surface area contributed by atoms with Crippen molar-refractivity contribution in [1.82, 2.24) is 15.2 Å². The second kappa shape index (κ2) is 7.83. The van der Waals surface area contributed by atoms with Gasteiger partial charge in [-0.2, -0.15) is 10.1 Å². The molecule has 26 heavy (non-hydrogen) atoms. The monoisotopic (exact) mass is 375 g/mol. The zero-order valence-electron chi connectivity index (χ0n) is 14.0. The molecule has 1 heterocycles. The van der Waals surface area contributed by atoms with Crippen molar-refractivity contribution in [3.8, 4) is 11.5 Å². The molecule has 0 aliphatic rings. The number of ether oxygens (including phenoxy) is 2. The van der Waals surface area contributed by atoms with Crippen LogP contribution in [0.5, 0.6) is 11.5 Å². The van der Waals surface area contributed by atoms with Gasteiger partial charge in [0.1, 0.15) is 17.3 Å². The second-order valence-corrected chi connectivity index (χ2v) is 5.52. The van der Waals surface area contributed by atoms with Gasteiger partial charge in [0.15, 0.2) is 5.82 Å². The van der Waals surface area contributed by atoms with Crippen molar-refractivity contribution >= 4 is 34.7 Å². The summed E-state index contributed by atoms with van der Waals surface area (Å²) in [6.45, 7) is 0. The van der Waals surface area contributed by atoms with Crippen LogP contribution in [0.1, 0.15) is 0 Å². The Morgan fingerprint density at radius 2 is 1.73 bits per heavy atom. The molecule has 3 rings (SSSR count). The molecular weight excluding hydrogens is 361 g/mol. The van der Waals surface area contributed by atoms with Crippen LogP contribution in [0.15, 0.2) is 42.6 Å². The van der Waals surface area contributed by atoms with Crippen molar-refractivity contribution in [2.45, 2.75) is 0 Å². The van der Waals surface area contributed by atoms with E-state index in [9.17, 15) is 4.39 Å². The van der Waals surface area contributed by atoms with Crippen molar-refractivity contribution in [2.75, 3.05) is 24.9 Å². The molecule has 2 N–H and O–H groups in total. The number of aromatic nitrogens is 3. The first-order valence-corrected chi connectivity index (χ1v) is 7.87. The van der Waals surface area contributed by atoms with Crippen LogP contribution in [-0.2, 0) is 0 Å². The van der Waals surface area contributed by atoms with Crippen LogP contribution in [0.25, 0.3) is 0 Å². The Hall–Kier alpha value is -3.13. The normalized spacial score (nSPS) is 10.3. The second-order valence-electron chi connectivity index (χ2n) is 5.11. The molecule has 0 atom stereocenters. The molecule has 0 aliphatic heterocycles. The minimum Gasteiger partial charge on any atom is -0.495 e. The molecule has 0 amide bonds. The number of hydrogen-bond acceptors (Lipinski definition) is 7. The van der Waals surface area contributed by atoms with E-state index in [1.54, 1.807) is 24.3 Å². The summed E-state index contributed by atoms with van der Waals surface area (Å²) in [4.78, 5) is 4.32. The molecule has 0 aliphatic carbocycles. The molecule has 1 aromatic heterocycles. The van der Waals surface area contributed by atoms with Gasteiger partial charge in [0.2, 0.25) is 5.95 Å². The topological polar surface area (TPSA) is 81.2 Å². The van der Waals surface area contributed by atoms with Crippen LogP contribution in [-0.4, -0.2) is 29.4 Å². The summed E-state index contributed by atoms with van der Waals surface area (Å²) < 4.78 is 23.5. The summed E-state index contributed by atoms with van der Waals surface area (Å²) in [7, 11) is 3.04. The Morgan fingerprint density at radius 1 is 1.00 bits per heavy atom. The highest BCUT2D eigenvalue weighted by atomic mass is 35.5. The molecule has 7 nitrogen and oxygen atoms in total. The van der Waals surface area contributed by atoms with Gasteiger partial charge in [0.05, 0.1) is 31.1 Å². The molecule has 0 fully saturated rings. The molecule has 0 bridgehead atoms. The molecule has 3 aromatic rings. The van der Waals surface area contributed by atoms with Crippen LogP contribution in [0.4, 0.5) is 27.5 Å². The molecule has 0 saturated carbocycles. The molecule has 2 aromatic carbocycles. The SMILES string of the molecule is COc1cc(Nc2nncc(Nc3ccc(F)cc3)n2)c(OC)cc1Cl. The largest absolute Gasteiger partial charge is 0.495 e. The summed E-state index contributed by atoms with van der Waals surface area (Å²) in [6.07, 6.45) is 1.45. The van der Waals surface area contributed by atoms with Gasteiger partial charge in [-0.15, -0.1) is 5.10 Å². The number of rotatable bonds is 6. The summed E-state index contributed by atoms with van der Waals surface area (Å²) >= 11 is 6.10. The van der Waals surface area contributed by atoms with E-state index in [1.807, 2.05) is 0 Å². The van der Waals surface area contributed by atoms with E-state index in [1.165, 1.54) is 32.5 Å². The van der Waals surface area contributed by atoms with E-state index >= 15 is 0 Å². The minimum atomic E-state index is -0.317. The lowest BCUT2D eigenvalue weighted by molar-refractivity contribution is 0.405. The number of anilines is 4. The third-order valence-corrected chi connectivity index (χ3v) is 3.69. The first kappa shape index (κ1) is 17.7. The third-order valence-electron chi connectivity index (χ3n) is 3.40. The highest BCUT2D eigenvalue weighted by Crippen LogP contribution is 2.36. The summed E-state index contributed by atoms with van der Waals surface area (Å²) in [5, 5.41) is 14.3. The van der Waals surface area contributed by atoms with E-state index < -0.39 is 0 Å². The van der Waals surface area contributed by atoms with E-state index in [0.29, 0.717) is 33.7 Å². The Balaban J connectivity index is 1.83. The van der Waals surface area contributed by atoms with Gasteiger partial charge in [-0.3, -0.25) is 0 Å². The van der Waals surface area contributed by atoms with Gasteiger partial charge in [0.25, 0.3) is 0 Å². The smallest absolute Gasteiger partial charge is 0.249 e. The predicted octanol–water partition coefficient (Wildman–Crippen LogP) is 4.17. The molecule has 0 saturated heterocycles. The molecule has 0 radical (unpaired) electrons. The van der Waals surface area contributed by atoms with Crippen molar-refractivity contribution in [3.05, 3.63) is 53.4 Å². The fourth-order valence-corrected chi connectivity index (χ4v) is 2.41. The molecule has 9 heteroatoms. The molecular formula is C17H15ClFN5O2. The lowest BCUT2D eigenvalue weighted by Gasteiger charge is -2.13. The van der Waals surface area contributed by atoms with E-state index in [0.717, 1.165) is 0 Å². The lowest BCUT2D eigenvalue weighted by Crippen LogP contribution is -2.04. The highest BCUT2D eigenvalue weighted by molar-refractivity contribution is 6.32. The molecule has 0 spiro atoms. The van der Waals surface area contributed by atoms with Crippen LogP contribution in [0.2, 0.25) is 5.02 Å². The van der Waals surface area contributed by atoms with Crippen LogP contribution >= 0.6 is 11.6 Å². The van der Waals surface area contributed by atoms with Gasteiger partial charge in [0, 0.05) is 17.8 Å². The highest BCUT2D eigenvalue weighted by Gasteiger charge is 2.12. The Labute approximate surface area is 154 Å². The maximum Gasteiger partial charge on any atom is 0.249 e. The van der Waals surface area contributed by atoms with Crippen molar-refractivity contribution in [1.29, 1.82) is 0 Å². The molecule has 134 valence electrons. The van der Waals surface area contributed by atoms with E-state index in [2.05, 4.69) is 25.8 Å². The minimum absolute atomic E-state index is 0.236. The van der Waals surface area contributed by atoms with Crippen LogP contribution < -0.4 is 20.1 Å². The van der Waals surface area contributed by atoms with Gasteiger partial charge >= 0.3 is 0 Å². The number of nitrogens with one attached hydrogen (secondary N) is 2. The maximum atomic E-state index is 13.0. The maximum absolute atomic E-state index is 13.0. The Morgan fingerprint density at radius 3 is 2.42 bits per heavy atom. The first-order chi connectivity index (χ1) is 12.6. The molecule has 0 unspecified atom stereocenters. The van der Waals surface area contributed by atoms with Crippen molar-refractivity contribution < 1.29 is 13.9 Å². The van der Waals surface area contributed by atoms with Crippen LogP contribution in [0, 0.1) is 5.82 Å². The average Bonchev–Trinajstić information content (AvgIpc) is 2.65. The standard InChI is InChI=1S/C17H15ClFN5O2/c1-25-14-8-13(15(26-2)7-12(14)18)22-17-23-16(9-20-24-17)21-11-5-3-10(19)4-6-11/h3-9H,1-2H3,(H2,21,22,23,24). The predicted molar refractivity (Wildman–Crippen MR) is 97.3 cm³/mol. The fraction of sp³-hybridized carbons (Fsp3) is 0.118. The third kappa shape index (κ3) is 4.09. The summed E-state index contributed by atoms with van der Waals surface area (Å²) in [6, 6.07) is 9.18. The van der Waals surface area contributed by atoms with Crippen molar-refractivity contribution in [2.24, 2.45) is 0 Å². The van der Waals surface area contributed by atoms with Gasteiger partial charge in [-0.05, 0) is 24.3 Å². The quantitative estimate of drug-likeness (QED) is 0.669. The summed E-state index contributed by atoms with van der Waals surface area (Å²) in [5.41, 5.74) is 1.23. The zero-order valence-corrected chi connectivity index (χ0v) is 14.7. The van der Waals surface area contributed by atoms with Crippen LogP contribution in [0.3, 0.4) is 0 Å². The van der Waals surface area contributed by atoms with E-state index in [-0.39, 0.29) is 11.8 Å². The van der Waals surface area contributed by atoms with Gasteiger partial charge in [-0.25, -0.2) is 4.39 Å². The van der Waals surface area contributed by atoms with Crippen molar-refractivity contribution in [3.63, 3.8) is 0 Å². The van der Waals surface area contributed by atoms with Gasteiger partial charge in [-0.1, -0.05) is 11.6 Å². The number of nitrogens with zero attached hydrogens (tertiary/aromatic N) is 3.